The lowest BCUT2D eigenvalue weighted by atomic mass is 10.1. The first-order valence-corrected chi connectivity index (χ1v) is 6.94. The first-order chi connectivity index (χ1) is 8.74. The van der Waals surface area contributed by atoms with Gasteiger partial charge in [-0.25, -0.2) is 0 Å². The van der Waals surface area contributed by atoms with E-state index in [4.69, 9.17) is 5.73 Å². The topological polar surface area (TPSA) is 32.5 Å². The minimum absolute atomic E-state index is 0.246. The Bertz CT molecular complexity index is 339. The second-order valence-corrected chi connectivity index (χ2v) is 5.41. The molecular weight excluding hydrogens is 222 g/mol. The van der Waals surface area contributed by atoms with Gasteiger partial charge in [0, 0.05) is 25.7 Å². The highest BCUT2D eigenvalue weighted by molar-refractivity contribution is 5.15. The van der Waals surface area contributed by atoms with E-state index in [1.807, 2.05) is 0 Å². The van der Waals surface area contributed by atoms with Crippen molar-refractivity contribution in [3.05, 3.63) is 35.9 Å². The Morgan fingerprint density at radius 2 is 1.89 bits per heavy atom. The maximum absolute atomic E-state index is 6.27. The van der Waals surface area contributed by atoms with Gasteiger partial charge in [-0.15, -0.1) is 0 Å². The van der Waals surface area contributed by atoms with Crippen LogP contribution in [0.4, 0.5) is 0 Å². The lowest BCUT2D eigenvalue weighted by Crippen LogP contribution is -2.40. The second-order valence-electron chi connectivity index (χ2n) is 5.41. The quantitative estimate of drug-likeness (QED) is 0.867. The lowest BCUT2D eigenvalue weighted by molar-refractivity contribution is 0.260. The van der Waals surface area contributed by atoms with Gasteiger partial charge in [0.2, 0.25) is 0 Å². The second kappa shape index (κ2) is 6.88. The minimum Gasteiger partial charge on any atom is -0.326 e. The molecule has 3 heteroatoms. The average molecular weight is 247 g/mol. The molecule has 1 atom stereocenters. The van der Waals surface area contributed by atoms with E-state index in [9.17, 15) is 0 Å². The third-order valence-electron chi connectivity index (χ3n) is 3.65. The Hall–Kier alpha value is -0.900. The Morgan fingerprint density at radius 1 is 1.11 bits per heavy atom. The Balaban J connectivity index is 1.78. The third-order valence-corrected chi connectivity index (χ3v) is 3.65. The van der Waals surface area contributed by atoms with Crippen LogP contribution in [-0.2, 0) is 6.42 Å². The zero-order valence-corrected chi connectivity index (χ0v) is 11.4. The Labute approximate surface area is 111 Å². The van der Waals surface area contributed by atoms with E-state index in [1.165, 1.54) is 25.1 Å². The van der Waals surface area contributed by atoms with Crippen LogP contribution < -0.4 is 5.73 Å². The van der Waals surface area contributed by atoms with Crippen LogP contribution in [0.5, 0.6) is 0 Å². The van der Waals surface area contributed by atoms with Crippen molar-refractivity contribution >= 4 is 0 Å². The fraction of sp³-hybridized carbons (Fsp3) is 0.600. The molecule has 2 rings (SSSR count). The number of benzene rings is 1. The van der Waals surface area contributed by atoms with E-state index in [1.54, 1.807) is 0 Å². The van der Waals surface area contributed by atoms with E-state index in [2.05, 4.69) is 47.2 Å². The van der Waals surface area contributed by atoms with Gasteiger partial charge in [-0.05, 0) is 38.5 Å². The maximum Gasteiger partial charge on any atom is 0.0208 e. The molecule has 1 saturated heterocycles. The van der Waals surface area contributed by atoms with E-state index in [0.29, 0.717) is 0 Å². The lowest BCUT2D eigenvalue weighted by Gasteiger charge is -2.24. The number of likely N-dealkylation sites (N-methyl/N-ethyl adjacent to an activating group) is 1. The van der Waals surface area contributed by atoms with Crippen LogP contribution in [0.1, 0.15) is 12.0 Å². The first kappa shape index (κ1) is 13.5. The predicted molar refractivity (Wildman–Crippen MR) is 76.7 cm³/mol. The summed E-state index contributed by atoms with van der Waals surface area (Å²) in [6, 6.07) is 10.8. The van der Waals surface area contributed by atoms with E-state index in [0.717, 1.165) is 26.1 Å². The summed E-state index contributed by atoms with van der Waals surface area (Å²) in [6.45, 7) is 5.73. The summed E-state index contributed by atoms with van der Waals surface area (Å²) in [4.78, 5) is 4.92. The van der Waals surface area contributed by atoms with Crippen molar-refractivity contribution in [3.8, 4) is 0 Å². The summed E-state index contributed by atoms with van der Waals surface area (Å²) in [6.07, 6.45) is 2.24. The van der Waals surface area contributed by atoms with Gasteiger partial charge in [-0.2, -0.15) is 0 Å². The molecule has 1 heterocycles. The molecule has 0 bridgehead atoms. The standard InChI is InChI=1S/C15H25N3/c1-17-8-5-9-18(11-10-17)13-15(16)12-14-6-3-2-4-7-14/h2-4,6-7,15H,5,8-13,16H2,1H3/t15-/m0/s1. The third kappa shape index (κ3) is 4.41. The highest BCUT2D eigenvalue weighted by Gasteiger charge is 2.14. The van der Waals surface area contributed by atoms with Crippen LogP contribution in [0.25, 0.3) is 0 Å². The molecule has 1 fully saturated rings. The SMILES string of the molecule is CN1CCCN(C[C@@H](N)Cc2ccccc2)CC1. The molecule has 18 heavy (non-hydrogen) atoms. The highest BCUT2D eigenvalue weighted by atomic mass is 15.2. The van der Waals surface area contributed by atoms with Crippen LogP contribution >= 0.6 is 0 Å². The van der Waals surface area contributed by atoms with Crippen molar-refractivity contribution < 1.29 is 0 Å². The Kier molecular flexibility index (Phi) is 5.17. The van der Waals surface area contributed by atoms with Gasteiger partial charge in [0.15, 0.2) is 0 Å². The van der Waals surface area contributed by atoms with Crippen LogP contribution in [-0.4, -0.2) is 55.6 Å². The normalized spacial score (nSPS) is 20.6. The highest BCUT2D eigenvalue weighted by Crippen LogP contribution is 2.05. The maximum atomic E-state index is 6.27. The van der Waals surface area contributed by atoms with Crippen molar-refractivity contribution in [1.29, 1.82) is 0 Å². The molecule has 1 aromatic rings. The average Bonchev–Trinajstić information content (AvgIpc) is 2.56. The molecule has 1 aliphatic heterocycles. The molecule has 0 aromatic heterocycles. The molecule has 3 nitrogen and oxygen atoms in total. The van der Waals surface area contributed by atoms with Crippen LogP contribution in [0.15, 0.2) is 30.3 Å². The van der Waals surface area contributed by atoms with Crippen molar-refractivity contribution in [3.63, 3.8) is 0 Å². The van der Waals surface area contributed by atoms with Gasteiger partial charge in [0.25, 0.3) is 0 Å². The van der Waals surface area contributed by atoms with E-state index >= 15 is 0 Å². The number of hydrogen-bond donors (Lipinski definition) is 1. The van der Waals surface area contributed by atoms with Gasteiger partial charge >= 0.3 is 0 Å². The number of nitrogens with two attached hydrogens (primary N) is 1. The summed E-state index contributed by atoms with van der Waals surface area (Å²) in [5.74, 6) is 0. The smallest absolute Gasteiger partial charge is 0.0208 e. The minimum atomic E-state index is 0.246. The monoisotopic (exact) mass is 247 g/mol. The van der Waals surface area contributed by atoms with Crippen LogP contribution in [0.3, 0.4) is 0 Å². The summed E-state index contributed by atoms with van der Waals surface area (Å²) in [5, 5.41) is 0. The fourth-order valence-corrected chi connectivity index (χ4v) is 2.60. The molecule has 100 valence electrons. The molecule has 1 aliphatic rings. The molecule has 0 saturated carbocycles. The molecule has 0 spiro atoms. The van der Waals surface area contributed by atoms with Crippen molar-refractivity contribution in [2.45, 2.75) is 18.9 Å². The van der Waals surface area contributed by atoms with E-state index < -0.39 is 0 Å². The van der Waals surface area contributed by atoms with Crippen molar-refractivity contribution in [1.82, 2.24) is 9.80 Å². The molecule has 1 aromatic carbocycles. The predicted octanol–water partition coefficient (Wildman–Crippen LogP) is 1.19. The van der Waals surface area contributed by atoms with Gasteiger partial charge in [-0.1, -0.05) is 30.3 Å². The fourth-order valence-electron chi connectivity index (χ4n) is 2.60. The summed E-state index contributed by atoms with van der Waals surface area (Å²) in [7, 11) is 2.20. The molecule has 0 amide bonds. The molecule has 2 N–H and O–H groups in total. The zero-order chi connectivity index (χ0) is 12.8. The summed E-state index contributed by atoms with van der Waals surface area (Å²) >= 11 is 0. The van der Waals surface area contributed by atoms with Crippen molar-refractivity contribution in [2.24, 2.45) is 5.73 Å². The van der Waals surface area contributed by atoms with Gasteiger partial charge in [0.05, 0.1) is 0 Å². The van der Waals surface area contributed by atoms with Crippen molar-refractivity contribution in [2.75, 3.05) is 39.8 Å². The van der Waals surface area contributed by atoms with Gasteiger partial charge in [-0.3, -0.25) is 0 Å². The van der Waals surface area contributed by atoms with E-state index in [-0.39, 0.29) is 6.04 Å². The molecule has 0 radical (unpaired) electrons. The molecular formula is C15H25N3. The molecule has 0 unspecified atom stereocenters. The van der Waals surface area contributed by atoms with Gasteiger partial charge < -0.3 is 15.5 Å². The zero-order valence-electron chi connectivity index (χ0n) is 11.4. The van der Waals surface area contributed by atoms with Gasteiger partial charge in [0.1, 0.15) is 0 Å². The number of nitrogens with zero attached hydrogens (tertiary/aromatic N) is 2. The summed E-state index contributed by atoms with van der Waals surface area (Å²) in [5.41, 5.74) is 7.61. The van der Waals surface area contributed by atoms with Crippen LogP contribution in [0.2, 0.25) is 0 Å². The number of hydrogen-bond acceptors (Lipinski definition) is 3. The molecule has 0 aliphatic carbocycles. The van der Waals surface area contributed by atoms with Crippen LogP contribution in [0, 0.1) is 0 Å². The number of rotatable bonds is 4. The largest absolute Gasteiger partial charge is 0.326 e. The summed E-state index contributed by atoms with van der Waals surface area (Å²) < 4.78 is 0. The Morgan fingerprint density at radius 3 is 2.67 bits per heavy atom. The first-order valence-electron chi connectivity index (χ1n) is 6.94.